The van der Waals surface area contributed by atoms with E-state index in [4.69, 9.17) is 9.73 Å². The van der Waals surface area contributed by atoms with Gasteiger partial charge in [-0.15, -0.1) is 24.0 Å². The molecule has 0 amide bonds. The van der Waals surface area contributed by atoms with Crippen LogP contribution >= 0.6 is 24.0 Å². The summed E-state index contributed by atoms with van der Waals surface area (Å²) in [5.41, 5.74) is 2.69. The predicted octanol–water partition coefficient (Wildman–Crippen LogP) is 2.92. The zero-order chi connectivity index (χ0) is 20.3. The summed E-state index contributed by atoms with van der Waals surface area (Å²) < 4.78 is 5.48. The molecule has 2 heterocycles. The number of benzene rings is 1. The van der Waals surface area contributed by atoms with E-state index >= 15 is 0 Å². The van der Waals surface area contributed by atoms with Gasteiger partial charge in [-0.1, -0.05) is 24.3 Å². The minimum Gasteiger partial charge on any atom is -0.379 e. The van der Waals surface area contributed by atoms with Gasteiger partial charge in [0.1, 0.15) is 0 Å². The van der Waals surface area contributed by atoms with Gasteiger partial charge in [-0.2, -0.15) is 0 Å². The van der Waals surface area contributed by atoms with Crippen LogP contribution in [0.4, 0.5) is 0 Å². The highest BCUT2D eigenvalue weighted by Crippen LogP contribution is 2.18. The van der Waals surface area contributed by atoms with Crippen LogP contribution in [0.3, 0.4) is 0 Å². The maximum absolute atomic E-state index is 5.48. The van der Waals surface area contributed by atoms with Crippen molar-refractivity contribution in [2.24, 2.45) is 10.9 Å². The summed E-state index contributed by atoms with van der Waals surface area (Å²) in [6, 6.07) is 8.70. The Morgan fingerprint density at radius 1 is 1.07 bits per heavy atom. The Hall–Kier alpha value is -0.900. The highest BCUT2D eigenvalue weighted by Gasteiger charge is 2.16. The van der Waals surface area contributed by atoms with E-state index in [0.29, 0.717) is 6.54 Å². The molecular formula is C23H40IN5O. The van der Waals surface area contributed by atoms with Gasteiger partial charge in [-0.05, 0) is 63.4 Å². The summed E-state index contributed by atoms with van der Waals surface area (Å²) in [5.74, 6) is 1.78. The lowest BCUT2D eigenvalue weighted by atomic mass is 9.94. The third-order valence-electron chi connectivity index (χ3n) is 6.05. The minimum atomic E-state index is 0. The number of nitrogens with one attached hydrogen (secondary N) is 2. The Kier molecular flexibility index (Phi) is 12.0. The summed E-state index contributed by atoms with van der Waals surface area (Å²) >= 11 is 0. The predicted molar refractivity (Wildman–Crippen MR) is 136 cm³/mol. The van der Waals surface area contributed by atoms with Crippen LogP contribution in [-0.2, 0) is 17.8 Å². The quantitative estimate of drug-likeness (QED) is 0.308. The van der Waals surface area contributed by atoms with Gasteiger partial charge in [0.2, 0.25) is 0 Å². The molecule has 0 bridgehead atoms. The molecule has 0 atom stereocenters. The fourth-order valence-corrected chi connectivity index (χ4v) is 4.12. The molecule has 2 N–H and O–H groups in total. The van der Waals surface area contributed by atoms with Crippen LogP contribution in [0.2, 0.25) is 0 Å². The SMILES string of the molecule is CCNC(=NCc1ccccc1CN1CCOCC1)NCCC1CCN(C)CC1.I. The number of ether oxygens (including phenoxy) is 1. The molecule has 0 radical (unpaired) electrons. The van der Waals surface area contributed by atoms with Crippen LogP contribution in [0.5, 0.6) is 0 Å². The monoisotopic (exact) mass is 529 g/mol. The molecule has 170 valence electrons. The first-order chi connectivity index (χ1) is 14.2. The molecule has 2 aliphatic rings. The molecule has 0 saturated carbocycles. The van der Waals surface area contributed by atoms with E-state index in [-0.39, 0.29) is 24.0 Å². The van der Waals surface area contributed by atoms with E-state index in [1.165, 1.54) is 43.5 Å². The smallest absolute Gasteiger partial charge is 0.191 e. The molecule has 30 heavy (non-hydrogen) atoms. The van der Waals surface area contributed by atoms with Gasteiger partial charge >= 0.3 is 0 Å². The van der Waals surface area contributed by atoms with E-state index in [2.05, 4.69) is 58.7 Å². The van der Waals surface area contributed by atoms with Crippen LogP contribution in [0.25, 0.3) is 0 Å². The van der Waals surface area contributed by atoms with Crippen LogP contribution in [0.15, 0.2) is 29.3 Å². The third kappa shape index (κ3) is 8.69. The fraction of sp³-hybridized carbons (Fsp3) is 0.696. The number of halogens is 1. The molecule has 0 unspecified atom stereocenters. The van der Waals surface area contributed by atoms with Crippen molar-refractivity contribution < 1.29 is 4.74 Å². The molecule has 3 rings (SSSR count). The molecule has 0 aliphatic carbocycles. The molecule has 0 spiro atoms. The van der Waals surface area contributed by atoms with Gasteiger partial charge < -0.3 is 20.3 Å². The second-order valence-electron chi connectivity index (χ2n) is 8.31. The number of hydrogen-bond donors (Lipinski definition) is 2. The van der Waals surface area contributed by atoms with E-state index in [1.807, 2.05) is 0 Å². The summed E-state index contributed by atoms with van der Waals surface area (Å²) in [7, 11) is 2.22. The van der Waals surface area contributed by atoms with E-state index in [0.717, 1.165) is 57.8 Å². The number of morpholine rings is 1. The van der Waals surface area contributed by atoms with E-state index in [9.17, 15) is 0 Å². The first kappa shape index (κ1) is 25.4. The first-order valence-corrected chi connectivity index (χ1v) is 11.3. The van der Waals surface area contributed by atoms with E-state index in [1.54, 1.807) is 0 Å². The van der Waals surface area contributed by atoms with Crippen LogP contribution in [-0.4, -0.2) is 75.3 Å². The number of likely N-dealkylation sites (tertiary alicyclic amines) is 1. The van der Waals surface area contributed by atoms with Crippen molar-refractivity contribution in [3.8, 4) is 0 Å². The van der Waals surface area contributed by atoms with Gasteiger partial charge in [0.05, 0.1) is 19.8 Å². The molecule has 1 aromatic rings. The topological polar surface area (TPSA) is 52.1 Å². The van der Waals surface area contributed by atoms with Gasteiger partial charge in [-0.3, -0.25) is 4.90 Å². The van der Waals surface area contributed by atoms with Crippen molar-refractivity contribution in [1.82, 2.24) is 20.4 Å². The maximum Gasteiger partial charge on any atom is 0.191 e. The summed E-state index contributed by atoms with van der Waals surface area (Å²) in [5, 5.41) is 6.95. The molecule has 7 heteroatoms. The molecule has 6 nitrogen and oxygen atoms in total. The molecule has 0 aromatic heterocycles. The number of hydrogen-bond acceptors (Lipinski definition) is 4. The van der Waals surface area contributed by atoms with Crippen molar-refractivity contribution in [2.75, 3.05) is 59.5 Å². The average Bonchev–Trinajstić information content (AvgIpc) is 2.75. The number of piperidine rings is 1. The van der Waals surface area contributed by atoms with Crippen molar-refractivity contribution >= 4 is 29.9 Å². The Labute approximate surface area is 199 Å². The number of aliphatic imine (C=N–C) groups is 1. The first-order valence-electron chi connectivity index (χ1n) is 11.3. The summed E-state index contributed by atoms with van der Waals surface area (Å²) in [4.78, 5) is 9.78. The highest BCUT2D eigenvalue weighted by atomic mass is 127. The van der Waals surface area contributed by atoms with E-state index < -0.39 is 0 Å². The second-order valence-corrected chi connectivity index (χ2v) is 8.31. The minimum absolute atomic E-state index is 0. The Morgan fingerprint density at radius 2 is 1.77 bits per heavy atom. The van der Waals surface area contributed by atoms with Gasteiger partial charge in [0, 0.05) is 32.7 Å². The second kappa shape index (κ2) is 14.2. The van der Waals surface area contributed by atoms with Crippen LogP contribution in [0.1, 0.15) is 37.3 Å². The third-order valence-corrected chi connectivity index (χ3v) is 6.05. The fourth-order valence-electron chi connectivity index (χ4n) is 4.12. The standard InChI is InChI=1S/C23H39N5O.HI/c1-3-24-23(25-11-8-20-9-12-27(2)13-10-20)26-18-21-6-4-5-7-22(21)19-28-14-16-29-17-15-28;/h4-7,20H,3,8-19H2,1-2H3,(H2,24,25,26);1H. The Morgan fingerprint density at radius 3 is 2.47 bits per heavy atom. The number of guanidine groups is 1. The molecule has 1 aromatic carbocycles. The van der Waals surface area contributed by atoms with Crippen LogP contribution < -0.4 is 10.6 Å². The summed E-state index contributed by atoms with van der Waals surface area (Å²) in [6.07, 6.45) is 3.87. The zero-order valence-electron chi connectivity index (χ0n) is 18.7. The van der Waals surface area contributed by atoms with Crippen molar-refractivity contribution in [3.05, 3.63) is 35.4 Å². The van der Waals surface area contributed by atoms with Gasteiger partial charge in [0.25, 0.3) is 0 Å². The zero-order valence-corrected chi connectivity index (χ0v) is 21.1. The Bertz CT molecular complexity index is 628. The molecule has 2 fully saturated rings. The Balaban J connectivity index is 0.00000320. The van der Waals surface area contributed by atoms with Crippen molar-refractivity contribution in [1.29, 1.82) is 0 Å². The lowest BCUT2D eigenvalue weighted by Crippen LogP contribution is -2.39. The van der Waals surface area contributed by atoms with Crippen molar-refractivity contribution in [2.45, 2.75) is 39.3 Å². The lowest BCUT2D eigenvalue weighted by molar-refractivity contribution is 0.0341. The summed E-state index contributed by atoms with van der Waals surface area (Å²) in [6.45, 7) is 11.9. The van der Waals surface area contributed by atoms with Gasteiger partial charge in [0.15, 0.2) is 5.96 Å². The lowest BCUT2D eigenvalue weighted by Gasteiger charge is -2.29. The number of rotatable bonds is 8. The molecular weight excluding hydrogens is 489 g/mol. The largest absolute Gasteiger partial charge is 0.379 e. The van der Waals surface area contributed by atoms with Gasteiger partial charge in [-0.25, -0.2) is 4.99 Å². The number of nitrogens with zero attached hydrogens (tertiary/aromatic N) is 3. The molecule has 2 aliphatic heterocycles. The highest BCUT2D eigenvalue weighted by molar-refractivity contribution is 14.0. The average molecular weight is 530 g/mol. The van der Waals surface area contributed by atoms with Crippen LogP contribution in [0, 0.1) is 5.92 Å². The van der Waals surface area contributed by atoms with Crippen molar-refractivity contribution in [3.63, 3.8) is 0 Å². The molecule has 2 saturated heterocycles. The normalized spacial score (nSPS) is 19.3. The maximum atomic E-state index is 5.48.